The lowest BCUT2D eigenvalue weighted by atomic mass is 9.43. The lowest BCUT2D eigenvalue weighted by molar-refractivity contribution is -0.220. The third kappa shape index (κ3) is 4.21. The highest BCUT2D eigenvalue weighted by atomic mass is 35.5. The van der Waals surface area contributed by atoms with Gasteiger partial charge in [-0.1, -0.05) is 62.6 Å². The number of hydrogen-bond donors (Lipinski definition) is 1. The van der Waals surface area contributed by atoms with E-state index in [1.807, 2.05) is 31.2 Å². The molecule has 10 atom stereocenters. The number of allylic oxidation sites excluding steroid dienone is 1. The lowest BCUT2D eigenvalue weighted by Gasteiger charge is -2.58. The zero-order valence-electron chi connectivity index (χ0n) is 25.6. The zero-order chi connectivity index (χ0) is 30.0. The van der Waals surface area contributed by atoms with Gasteiger partial charge in [0.2, 0.25) is 0 Å². The maximum absolute atomic E-state index is 13.7. The van der Waals surface area contributed by atoms with E-state index in [9.17, 15) is 14.7 Å². The maximum atomic E-state index is 13.7. The Hall–Kier alpha value is -1.77. The van der Waals surface area contributed by atoms with Crippen LogP contribution < -0.4 is 0 Å². The molecule has 0 radical (unpaired) electrons. The minimum atomic E-state index is -1.25. The fourth-order valence-electron chi connectivity index (χ4n) is 10.3. The van der Waals surface area contributed by atoms with E-state index >= 15 is 0 Å². The molecular weight excluding hydrogens is 554 g/mol. The normalized spacial score (nSPS) is 42.8. The van der Waals surface area contributed by atoms with Crippen molar-refractivity contribution in [1.29, 1.82) is 0 Å². The predicted molar refractivity (Wildman–Crippen MR) is 160 cm³/mol. The largest absolute Gasteiger partial charge is 0.481 e. The van der Waals surface area contributed by atoms with Crippen molar-refractivity contribution in [3.8, 4) is 0 Å². The summed E-state index contributed by atoms with van der Waals surface area (Å²) in [5, 5.41) is 12.0. The van der Waals surface area contributed by atoms with Crippen LogP contribution in [-0.2, 0) is 30.3 Å². The standard InChI is InChI=1S/C34H46ClNO6/c1-20(2)28-12-24-13-32(18-37)27-11-6-21(3)26(27)14-33(24,34(28,32)31(38)39)19-41-30-17-36(16-29(40-5)22(4)42-30)15-23-7-9-25(35)10-8-23/h7-10,12,18,20-22,24,26-27,29-30H,6,11,13-17,19H2,1-5H3,(H,38,39)/t21-,22-,24?,26-,27-,29+,30-,32+,33?,34+/m1/s1. The van der Waals surface area contributed by atoms with E-state index in [0.717, 1.165) is 36.7 Å². The number of aliphatic carboxylic acids is 1. The first-order valence-electron chi connectivity index (χ1n) is 15.7. The molecule has 0 amide bonds. The van der Waals surface area contributed by atoms with Crippen molar-refractivity contribution >= 4 is 23.9 Å². The predicted octanol–water partition coefficient (Wildman–Crippen LogP) is 5.84. The molecule has 1 N–H and O–H groups in total. The smallest absolute Gasteiger partial charge is 0.315 e. The van der Waals surface area contributed by atoms with Gasteiger partial charge in [-0.3, -0.25) is 9.69 Å². The summed E-state index contributed by atoms with van der Waals surface area (Å²) in [7, 11) is 1.71. The minimum Gasteiger partial charge on any atom is -0.481 e. The Morgan fingerprint density at radius 2 is 1.93 bits per heavy atom. The summed E-state index contributed by atoms with van der Waals surface area (Å²) in [6.07, 6.45) is 5.75. The summed E-state index contributed by atoms with van der Waals surface area (Å²) >= 11 is 6.13. The first-order valence-corrected chi connectivity index (χ1v) is 16.1. The fourth-order valence-corrected chi connectivity index (χ4v) is 10.4. The number of fused-ring (bicyclic) bond motifs is 2. The van der Waals surface area contributed by atoms with Gasteiger partial charge in [-0.05, 0) is 73.5 Å². The molecule has 8 heteroatoms. The van der Waals surface area contributed by atoms with Crippen LogP contribution in [0.3, 0.4) is 0 Å². The number of carbonyl (C=O) groups is 2. The molecule has 7 nitrogen and oxygen atoms in total. The molecule has 2 unspecified atom stereocenters. The number of hydrogen-bond acceptors (Lipinski definition) is 6. The van der Waals surface area contributed by atoms with Crippen LogP contribution in [0.2, 0.25) is 5.02 Å². The number of methoxy groups -OCH3 is 1. The Labute approximate surface area is 254 Å². The highest BCUT2D eigenvalue weighted by molar-refractivity contribution is 6.30. The molecule has 1 aliphatic heterocycles. The first-order chi connectivity index (χ1) is 20.0. The van der Waals surface area contributed by atoms with Crippen LogP contribution in [0.4, 0.5) is 0 Å². The van der Waals surface area contributed by atoms with Gasteiger partial charge in [-0.15, -0.1) is 0 Å². The summed E-state index contributed by atoms with van der Waals surface area (Å²) in [5.41, 5.74) is -0.762. The van der Waals surface area contributed by atoms with E-state index in [4.69, 9.17) is 25.8 Å². The summed E-state index contributed by atoms with van der Waals surface area (Å²) in [4.78, 5) is 29.3. The number of rotatable bonds is 9. The van der Waals surface area contributed by atoms with Gasteiger partial charge in [0.05, 0.1) is 24.2 Å². The van der Waals surface area contributed by atoms with Crippen molar-refractivity contribution in [3.63, 3.8) is 0 Å². The zero-order valence-corrected chi connectivity index (χ0v) is 26.3. The second-order valence-corrected chi connectivity index (χ2v) is 14.6. The number of halogens is 1. The number of ether oxygens (including phenoxy) is 3. The molecule has 4 aliphatic carbocycles. The molecule has 230 valence electrons. The second-order valence-electron chi connectivity index (χ2n) is 14.2. The molecule has 3 saturated carbocycles. The van der Waals surface area contributed by atoms with Crippen molar-refractivity contribution in [2.24, 2.45) is 45.8 Å². The van der Waals surface area contributed by atoms with E-state index in [2.05, 4.69) is 31.7 Å². The van der Waals surface area contributed by atoms with Crippen LogP contribution in [-0.4, -0.2) is 67.6 Å². The summed E-state index contributed by atoms with van der Waals surface area (Å²) < 4.78 is 19.1. The molecule has 4 fully saturated rings. The Balaban J connectivity index is 1.33. The van der Waals surface area contributed by atoms with Gasteiger partial charge in [-0.25, -0.2) is 0 Å². The molecule has 42 heavy (non-hydrogen) atoms. The van der Waals surface area contributed by atoms with E-state index in [0.29, 0.717) is 42.9 Å². The quantitative estimate of drug-likeness (QED) is 0.282. The second kappa shape index (κ2) is 11.0. The Morgan fingerprint density at radius 3 is 2.57 bits per heavy atom. The fraction of sp³-hybridized carbons (Fsp3) is 0.706. The molecule has 1 aromatic carbocycles. The number of carbonyl (C=O) groups excluding carboxylic acids is 1. The van der Waals surface area contributed by atoms with Gasteiger partial charge in [-0.2, -0.15) is 0 Å². The van der Waals surface area contributed by atoms with Gasteiger partial charge in [0.1, 0.15) is 11.7 Å². The van der Waals surface area contributed by atoms with Crippen LogP contribution in [0.25, 0.3) is 0 Å². The topological polar surface area (TPSA) is 85.3 Å². The Bertz CT molecular complexity index is 1230. The van der Waals surface area contributed by atoms with Crippen molar-refractivity contribution in [2.45, 2.75) is 78.4 Å². The Kier molecular flexibility index (Phi) is 7.92. The van der Waals surface area contributed by atoms with Crippen molar-refractivity contribution in [3.05, 3.63) is 46.5 Å². The van der Waals surface area contributed by atoms with Crippen LogP contribution in [0.15, 0.2) is 35.9 Å². The van der Waals surface area contributed by atoms with Crippen molar-refractivity contribution < 1.29 is 28.9 Å². The molecular formula is C34H46ClNO6. The monoisotopic (exact) mass is 599 g/mol. The molecule has 5 aliphatic rings. The summed E-state index contributed by atoms with van der Waals surface area (Å²) in [6, 6.07) is 7.85. The third-order valence-corrected chi connectivity index (χ3v) is 12.3. The first kappa shape index (κ1) is 30.3. The summed E-state index contributed by atoms with van der Waals surface area (Å²) in [5.74, 6) is 0.0695. The molecule has 0 aromatic heterocycles. The number of carboxylic acid groups (broad SMARTS) is 1. The Morgan fingerprint density at radius 1 is 1.19 bits per heavy atom. The van der Waals surface area contributed by atoms with Gasteiger partial charge in [0.15, 0.2) is 6.29 Å². The molecule has 4 bridgehead atoms. The number of nitrogens with zero attached hydrogens (tertiary/aromatic N) is 1. The average Bonchev–Trinajstić information content (AvgIpc) is 3.48. The van der Waals surface area contributed by atoms with Gasteiger partial charge >= 0.3 is 5.97 Å². The van der Waals surface area contributed by atoms with Crippen molar-refractivity contribution in [2.75, 3.05) is 26.8 Å². The molecule has 0 spiro atoms. The van der Waals surface area contributed by atoms with Gasteiger partial charge in [0, 0.05) is 37.2 Å². The average molecular weight is 600 g/mol. The molecule has 1 saturated heterocycles. The third-order valence-electron chi connectivity index (χ3n) is 12.0. The highest BCUT2D eigenvalue weighted by Crippen LogP contribution is 2.82. The number of aldehydes is 1. The van der Waals surface area contributed by atoms with Crippen LogP contribution >= 0.6 is 11.6 Å². The lowest BCUT2D eigenvalue weighted by Crippen LogP contribution is -2.63. The van der Waals surface area contributed by atoms with E-state index in [1.54, 1.807) is 7.11 Å². The van der Waals surface area contributed by atoms with Gasteiger partial charge in [0.25, 0.3) is 0 Å². The van der Waals surface area contributed by atoms with Crippen LogP contribution in [0.1, 0.15) is 58.9 Å². The number of benzene rings is 1. The van der Waals surface area contributed by atoms with E-state index < -0.39 is 28.5 Å². The van der Waals surface area contributed by atoms with E-state index in [-0.39, 0.29) is 36.6 Å². The minimum absolute atomic E-state index is 0.00547. The van der Waals surface area contributed by atoms with Crippen LogP contribution in [0.5, 0.6) is 0 Å². The molecule has 1 heterocycles. The summed E-state index contributed by atoms with van der Waals surface area (Å²) in [6.45, 7) is 10.6. The van der Waals surface area contributed by atoms with Crippen molar-refractivity contribution in [1.82, 2.24) is 4.90 Å². The van der Waals surface area contributed by atoms with Gasteiger partial charge < -0.3 is 24.1 Å². The van der Waals surface area contributed by atoms with E-state index in [1.165, 1.54) is 0 Å². The number of carboxylic acids is 1. The molecule has 6 rings (SSSR count). The molecule has 1 aromatic rings. The van der Waals surface area contributed by atoms with Crippen LogP contribution in [0, 0.1) is 45.8 Å². The maximum Gasteiger partial charge on any atom is 0.315 e. The SMILES string of the molecule is CO[C@H]1CN(Cc2ccc(Cl)cc2)C[C@H](OCC23C[C@@H]4[C@H](C)CC[C@H]4[C@@]4(C=O)CC2C=C(C(C)C)[C@@]34C(=O)O)O[C@@H]1C. The highest BCUT2D eigenvalue weighted by Gasteiger charge is 2.84.